The van der Waals surface area contributed by atoms with E-state index in [1.807, 2.05) is 0 Å². The number of rotatable bonds is 6. The predicted octanol–water partition coefficient (Wildman–Crippen LogP) is 0.517. The largest absolute Gasteiger partial charge is 0.385 e. The van der Waals surface area contributed by atoms with E-state index in [-0.39, 0.29) is 0 Å². The van der Waals surface area contributed by atoms with Crippen LogP contribution in [0.2, 0.25) is 0 Å². The number of carbonyl (C=O) groups is 1. The lowest BCUT2D eigenvalue weighted by Crippen LogP contribution is -2.00. The molecule has 5 nitrogen and oxygen atoms in total. The number of methoxy groups -OCH3 is 1. The van der Waals surface area contributed by atoms with E-state index in [2.05, 4.69) is 10.3 Å². The van der Waals surface area contributed by atoms with Crippen LogP contribution in [0.4, 0.5) is 0 Å². The summed E-state index contributed by atoms with van der Waals surface area (Å²) < 4.78 is 6.57. The maximum Gasteiger partial charge on any atom is 0.171 e. The number of aryl methyl sites for hydroxylation is 1. The first kappa shape index (κ1) is 9.85. The minimum Gasteiger partial charge on any atom is -0.385 e. The normalized spacial score (nSPS) is 10.2. The number of aldehydes is 1. The molecule has 0 aromatic carbocycles. The van der Waals surface area contributed by atoms with Crippen LogP contribution >= 0.6 is 0 Å². The van der Waals surface area contributed by atoms with Crippen LogP contribution in [0.15, 0.2) is 6.20 Å². The SMILES string of the molecule is COCCCCn1cc(C=O)nn1. The first-order chi connectivity index (χ1) is 6.36. The second kappa shape index (κ2) is 5.42. The van der Waals surface area contributed by atoms with Gasteiger partial charge in [0.15, 0.2) is 6.29 Å². The molecule has 0 aliphatic rings. The van der Waals surface area contributed by atoms with Crippen LogP contribution in [-0.2, 0) is 11.3 Å². The summed E-state index contributed by atoms with van der Waals surface area (Å²) in [6.45, 7) is 1.54. The Morgan fingerprint density at radius 1 is 1.62 bits per heavy atom. The number of unbranched alkanes of at least 4 members (excludes halogenated alkanes) is 1. The van der Waals surface area contributed by atoms with Crippen LogP contribution in [0, 0.1) is 0 Å². The molecule has 1 aromatic rings. The molecule has 1 heterocycles. The van der Waals surface area contributed by atoms with Crippen molar-refractivity contribution in [2.24, 2.45) is 0 Å². The van der Waals surface area contributed by atoms with Gasteiger partial charge in [-0.2, -0.15) is 0 Å². The molecule has 0 unspecified atom stereocenters. The molecule has 0 spiro atoms. The van der Waals surface area contributed by atoms with Crippen molar-refractivity contribution in [3.05, 3.63) is 11.9 Å². The van der Waals surface area contributed by atoms with Crippen molar-refractivity contribution in [1.29, 1.82) is 0 Å². The molecular formula is C8H13N3O2. The van der Waals surface area contributed by atoms with Gasteiger partial charge in [-0.15, -0.1) is 5.10 Å². The number of carbonyl (C=O) groups excluding carboxylic acids is 1. The summed E-state index contributed by atoms with van der Waals surface area (Å²) in [5.74, 6) is 0. The molecule has 13 heavy (non-hydrogen) atoms. The maximum atomic E-state index is 10.3. The summed E-state index contributed by atoms with van der Waals surface area (Å²) in [7, 11) is 1.68. The predicted molar refractivity (Wildman–Crippen MR) is 46.5 cm³/mol. The van der Waals surface area contributed by atoms with Crippen molar-refractivity contribution in [2.75, 3.05) is 13.7 Å². The molecule has 1 aromatic heterocycles. The zero-order valence-electron chi connectivity index (χ0n) is 7.64. The average molecular weight is 183 g/mol. The van der Waals surface area contributed by atoms with Crippen molar-refractivity contribution in [3.8, 4) is 0 Å². The number of hydrogen-bond donors (Lipinski definition) is 0. The molecule has 0 amide bonds. The molecule has 5 heteroatoms. The maximum absolute atomic E-state index is 10.3. The van der Waals surface area contributed by atoms with Gasteiger partial charge in [-0.3, -0.25) is 9.48 Å². The molecule has 0 radical (unpaired) electrons. The standard InChI is InChI=1S/C8H13N3O2/c1-13-5-3-2-4-11-6-8(7-12)9-10-11/h6-7H,2-5H2,1H3. The third-order valence-electron chi connectivity index (χ3n) is 1.66. The second-order valence-corrected chi connectivity index (χ2v) is 2.72. The summed E-state index contributed by atoms with van der Waals surface area (Å²) in [4.78, 5) is 10.3. The minimum atomic E-state index is 0.381. The third-order valence-corrected chi connectivity index (χ3v) is 1.66. The van der Waals surface area contributed by atoms with Crippen molar-refractivity contribution in [2.45, 2.75) is 19.4 Å². The molecule has 0 saturated carbocycles. The van der Waals surface area contributed by atoms with E-state index in [1.54, 1.807) is 18.0 Å². The zero-order valence-corrected chi connectivity index (χ0v) is 7.64. The second-order valence-electron chi connectivity index (χ2n) is 2.72. The van der Waals surface area contributed by atoms with E-state index in [0.29, 0.717) is 12.0 Å². The highest BCUT2D eigenvalue weighted by molar-refractivity contribution is 5.70. The summed E-state index contributed by atoms with van der Waals surface area (Å²) in [5.41, 5.74) is 0.381. The lowest BCUT2D eigenvalue weighted by Gasteiger charge is -1.98. The van der Waals surface area contributed by atoms with Gasteiger partial charge in [0.05, 0.1) is 6.20 Å². The van der Waals surface area contributed by atoms with Crippen LogP contribution in [0.1, 0.15) is 23.3 Å². The van der Waals surface area contributed by atoms with Gasteiger partial charge in [-0.25, -0.2) is 0 Å². The first-order valence-corrected chi connectivity index (χ1v) is 4.21. The summed E-state index contributed by atoms with van der Waals surface area (Å²) in [5, 5.41) is 7.43. The third kappa shape index (κ3) is 3.33. The summed E-state index contributed by atoms with van der Waals surface area (Å²) in [6.07, 6.45) is 4.31. The van der Waals surface area contributed by atoms with E-state index in [1.165, 1.54) is 0 Å². The molecule has 0 saturated heterocycles. The Morgan fingerprint density at radius 3 is 3.08 bits per heavy atom. The average Bonchev–Trinajstić information content (AvgIpc) is 2.60. The lowest BCUT2D eigenvalue weighted by molar-refractivity contribution is 0.111. The quantitative estimate of drug-likeness (QED) is 0.476. The van der Waals surface area contributed by atoms with Crippen LogP contribution < -0.4 is 0 Å². The van der Waals surface area contributed by atoms with E-state index in [0.717, 1.165) is 26.0 Å². The number of nitrogens with zero attached hydrogens (tertiary/aromatic N) is 3. The summed E-state index contributed by atoms with van der Waals surface area (Å²) >= 11 is 0. The smallest absolute Gasteiger partial charge is 0.171 e. The molecule has 0 aliphatic carbocycles. The van der Waals surface area contributed by atoms with Gasteiger partial charge in [0, 0.05) is 20.3 Å². The Labute approximate surface area is 76.7 Å². The number of hydrogen-bond acceptors (Lipinski definition) is 4. The fourth-order valence-corrected chi connectivity index (χ4v) is 0.997. The van der Waals surface area contributed by atoms with Crippen LogP contribution in [0.5, 0.6) is 0 Å². The highest BCUT2D eigenvalue weighted by Gasteiger charge is 1.97. The molecule has 72 valence electrons. The fourth-order valence-electron chi connectivity index (χ4n) is 0.997. The van der Waals surface area contributed by atoms with Crippen molar-refractivity contribution in [1.82, 2.24) is 15.0 Å². The Kier molecular flexibility index (Phi) is 4.11. The van der Waals surface area contributed by atoms with Gasteiger partial charge in [-0.05, 0) is 12.8 Å². The van der Waals surface area contributed by atoms with E-state index in [4.69, 9.17) is 4.74 Å². The van der Waals surface area contributed by atoms with Gasteiger partial charge in [0.2, 0.25) is 0 Å². The van der Waals surface area contributed by atoms with Crippen LogP contribution in [-0.4, -0.2) is 35.0 Å². The van der Waals surface area contributed by atoms with Gasteiger partial charge in [0.1, 0.15) is 5.69 Å². The van der Waals surface area contributed by atoms with Gasteiger partial charge in [0.25, 0.3) is 0 Å². The molecule has 0 aliphatic heterocycles. The Balaban J connectivity index is 2.24. The minimum absolute atomic E-state index is 0.381. The van der Waals surface area contributed by atoms with Gasteiger partial charge < -0.3 is 4.74 Å². The van der Waals surface area contributed by atoms with E-state index < -0.39 is 0 Å². The van der Waals surface area contributed by atoms with Crippen LogP contribution in [0.25, 0.3) is 0 Å². The lowest BCUT2D eigenvalue weighted by atomic mass is 10.3. The highest BCUT2D eigenvalue weighted by Crippen LogP contribution is 1.95. The Bertz CT molecular complexity index is 260. The zero-order chi connectivity index (χ0) is 9.52. The molecule has 0 fully saturated rings. The van der Waals surface area contributed by atoms with Crippen molar-refractivity contribution in [3.63, 3.8) is 0 Å². The number of ether oxygens (including phenoxy) is 1. The summed E-state index contributed by atoms with van der Waals surface area (Å²) in [6, 6.07) is 0. The monoisotopic (exact) mass is 183 g/mol. The van der Waals surface area contributed by atoms with Gasteiger partial charge in [-0.1, -0.05) is 5.21 Å². The molecular weight excluding hydrogens is 170 g/mol. The highest BCUT2D eigenvalue weighted by atomic mass is 16.5. The molecule has 1 rings (SSSR count). The van der Waals surface area contributed by atoms with E-state index >= 15 is 0 Å². The topological polar surface area (TPSA) is 57.0 Å². The fraction of sp³-hybridized carbons (Fsp3) is 0.625. The number of aromatic nitrogens is 3. The molecule has 0 N–H and O–H groups in total. The van der Waals surface area contributed by atoms with Crippen LogP contribution in [0.3, 0.4) is 0 Å². The molecule has 0 bridgehead atoms. The van der Waals surface area contributed by atoms with Gasteiger partial charge >= 0.3 is 0 Å². The van der Waals surface area contributed by atoms with Crippen molar-refractivity contribution >= 4 is 6.29 Å². The Morgan fingerprint density at radius 2 is 2.46 bits per heavy atom. The molecule has 0 atom stereocenters. The first-order valence-electron chi connectivity index (χ1n) is 4.21. The van der Waals surface area contributed by atoms with Crippen molar-refractivity contribution < 1.29 is 9.53 Å². The van der Waals surface area contributed by atoms with E-state index in [9.17, 15) is 4.79 Å². The Hall–Kier alpha value is -1.23.